The number of aromatic amines is 2. The van der Waals surface area contributed by atoms with Crippen LogP contribution in [0.15, 0.2) is 64.3 Å². The Morgan fingerprint density at radius 2 is 1.74 bits per heavy atom. The molecule has 0 spiro atoms. The van der Waals surface area contributed by atoms with Crippen molar-refractivity contribution in [1.82, 2.24) is 9.97 Å². The molecule has 0 unspecified atom stereocenters. The molecule has 6 heteroatoms. The van der Waals surface area contributed by atoms with E-state index in [0.717, 1.165) is 5.56 Å². The van der Waals surface area contributed by atoms with Crippen LogP contribution in [0.5, 0.6) is 11.5 Å². The smallest absolute Gasteiger partial charge is 0.325 e. The Hall–Kier alpha value is -3.15. The molecule has 0 aliphatic heterocycles. The minimum Gasteiger partial charge on any atom is -0.457 e. The average molecular weight is 312 g/mol. The van der Waals surface area contributed by atoms with Crippen LogP contribution in [-0.2, 0) is 6.42 Å². The van der Waals surface area contributed by atoms with Crippen LogP contribution in [0, 0.1) is 5.82 Å². The number of rotatable bonds is 4. The molecule has 2 N–H and O–H groups in total. The predicted octanol–water partition coefficient (Wildman–Crippen LogP) is 2.59. The van der Waals surface area contributed by atoms with Gasteiger partial charge in [0.25, 0.3) is 5.56 Å². The largest absolute Gasteiger partial charge is 0.457 e. The van der Waals surface area contributed by atoms with Gasteiger partial charge in [-0.25, -0.2) is 9.18 Å². The van der Waals surface area contributed by atoms with Crippen LogP contribution < -0.4 is 16.0 Å². The number of halogens is 1. The molecule has 2 aromatic carbocycles. The fourth-order valence-corrected chi connectivity index (χ4v) is 2.17. The van der Waals surface area contributed by atoms with E-state index < -0.39 is 11.2 Å². The van der Waals surface area contributed by atoms with Gasteiger partial charge in [0.15, 0.2) is 0 Å². The number of hydrogen-bond acceptors (Lipinski definition) is 3. The normalized spacial score (nSPS) is 10.5. The second-order valence-electron chi connectivity index (χ2n) is 4.98. The van der Waals surface area contributed by atoms with E-state index in [1.165, 1.54) is 18.3 Å². The Morgan fingerprint density at radius 1 is 1.00 bits per heavy atom. The van der Waals surface area contributed by atoms with Crippen LogP contribution in [0.2, 0.25) is 0 Å². The van der Waals surface area contributed by atoms with Crippen molar-refractivity contribution in [3.05, 3.63) is 92.5 Å². The van der Waals surface area contributed by atoms with Gasteiger partial charge in [-0.05, 0) is 29.8 Å². The summed E-state index contributed by atoms with van der Waals surface area (Å²) in [5.74, 6) is 0.552. The van der Waals surface area contributed by atoms with Crippen LogP contribution >= 0.6 is 0 Å². The fraction of sp³-hybridized carbons (Fsp3) is 0.0588. The summed E-state index contributed by atoms with van der Waals surface area (Å²) in [5, 5.41) is 0. The third-order valence-corrected chi connectivity index (χ3v) is 3.22. The lowest BCUT2D eigenvalue weighted by Gasteiger charge is -2.07. The van der Waals surface area contributed by atoms with Crippen molar-refractivity contribution in [2.75, 3.05) is 0 Å². The molecule has 3 aromatic rings. The zero-order valence-corrected chi connectivity index (χ0v) is 12.0. The number of benzene rings is 2. The van der Waals surface area contributed by atoms with Gasteiger partial charge in [-0.3, -0.25) is 9.78 Å². The standard InChI is InChI=1S/C17H13FN2O3/c18-13-4-2-6-15(9-13)23-14-5-1-3-11(8-14)7-12-10-19-17(22)20-16(12)21/h1-6,8-10H,7H2,(H2,19,20,21,22). The Labute approximate surface area is 130 Å². The first-order valence-corrected chi connectivity index (χ1v) is 6.93. The molecule has 0 aliphatic carbocycles. The van der Waals surface area contributed by atoms with E-state index in [2.05, 4.69) is 9.97 Å². The van der Waals surface area contributed by atoms with Gasteiger partial charge in [0.05, 0.1) is 0 Å². The lowest BCUT2D eigenvalue weighted by molar-refractivity contribution is 0.476. The van der Waals surface area contributed by atoms with E-state index in [1.54, 1.807) is 30.3 Å². The number of ether oxygens (including phenoxy) is 1. The summed E-state index contributed by atoms with van der Waals surface area (Å²) >= 11 is 0. The van der Waals surface area contributed by atoms with Crippen molar-refractivity contribution in [3.63, 3.8) is 0 Å². The minimum atomic E-state index is -0.540. The summed E-state index contributed by atoms with van der Waals surface area (Å²) in [7, 11) is 0. The lowest BCUT2D eigenvalue weighted by Crippen LogP contribution is -2.24. The summed E-state index contributed by atoms with van der Waals surface area (Å²) in [5.41, 5.74) is 0.302. The molecular formula is C17H13FN2O3. The van der Waals surface area contributed by atoms with Gasteiger partial charge >= 0.3 is 5.69 Å². The maximum absolute atomic E-state index is 13.2. The Bertz CT molecular complexity index is 947. The molecule has 0 bridgehead atoms. The molecule has 1 aromatic heterocycles. The first kappa shape index (κ1) is 14.8. The zero-order chi connectivity index (χ0) is 16.2. The molecule has 5 nitrogen and oxygen atoms in total. The highest BCUT2D eigenvalue weighted by Crippen LogP contribution is 2.23. The van der Waals surface area contributed by atoms with Crippen molar-refractivity contribution in [2.45, 2.75) is 6.42 Å². The second kappa shape index (κ2) is 6.31. The van der Waals surface area contributed by atoms with Crippen LogP contribution in [0.25, 0.3) is 0 Å². The molecule has 0 fully saturated rings. The van der Waals surface area contributed by atoms with Crippen molar-refractivity contribution < 1.29 is 9.13 Å². The first-order valence-electron chi connectivity index (χ1n) is 6.93. The average Bonchev–Trinajstić information content (AvgIpc) is 2.51. The molecule has 23 heavy (non-hydrogen) atoms. The Balaban J connectivity index is 1.82. The Kier molecular flexibility index (Phi) is 4.05. The fourth-order valence-electron chi connectivity index (χ4n) is 2.17. The van der Waals surface area contributed by atoms with Crippen LogP contribution in [0.1, 0.15) is 11.1 Å². The van der Waals surface area contributed by atoms with Crippen molar-refractivity contribution in [3.8, 4) is 11.5 Å². The summed E-state index contributed by atoms with van der Waals surface area (Å²) in [6.07, 6.45) is 1.73. The number of nitrogens with one attached hydrogen (secondary N) is 2. The van der Waals surface area contributed by atoms with E-state index in [-0.39, 0.29) is 5.82 Å². The summed E-state index contributed by atoms with van der Waals surface area (Å²) in [6, 6.07) is 13.0. The summed E-state index contributed by atoms with van der Waals surface area (Å²) in [4.78, 5) is 27.3. The maximum Gasteiger partial charge on any atom is 0.325 e. The first-order chi connectivity index (χ1) is 11.1. The van der Waals surface area contributed by atoms with Crippen molar-refractivity contribution in [1.29, 1.82) is 0 Å². The van der Waals surface area contributed by atoms with Gasteiger partial charge in [-0.15, -0.1) is 0 Å². The van der Waals surface area contributed by atoms with Crippen molar-refractivity contribution in [2.24, 2.45) is 0 Å². The summed E-state index contributed by atoms with van der Waals surface area (Å²) < 4.78 is 18.8. The molecule has 0 radical (unpaired) electrons. The zero-order valence-electron chi connectivity index (χ0n) is 12.0. The van der Waals surface area contributed by atoms with Crippen LogP contribution in [-0.4, -0.2) is 9.97 Å². The van der Waals surface area contributed by atoms with Crippen LogP contribution in [0.3, 0.4) is 0 Å². The minimum absolute atomic E-state index is 0.340. The monoisotopic (exact) mass is 312 g/mol. The molecule has 1 heterocycles. The van der Waals surface area contributed by atoms with E-state index in [9.17, 15) is 14.0 Å². The third kappa shape index (κ3) is 3.74. The maximum atomic E-state index is 13.2. The van der Waals surface area contributed by atoms with E-state index >= 15 is 0 Å². The molecule has 0 saturated heterocycles. The Morgan fingerprint density at radius 3 is 2.48 bits per heavy atom. The van der Waals surface area contributed by atoms with Gasteiger partial charge in [-0.2, -0.15) is 0 Å². The van der Waals surface area contributed by atoms with Crippen molar-refractivity contribution >= 4 is 0 Å². The quantitative estimate of drug-likeness (QED) is 0.777. The van der Waals surface area contributed by atoms with Gasteiger partial charge in [0.2, 0.25) is 0 Å². The highest BCUT2D eigenvalue weighted by Gasteiger charge is 2.05. The molecule has 0 aliphatic rings. The van der Waals surface area contributed by atoms with Gasteiger partial charge in [-0.1, -0.05) is 18.2 Å². The molecule has 0 saturated carbocycles. The number of aromatic nitrogens is 2. The molecule has 116 valence electrons. The molecule has 0 atom stereocenters. The van der Waals surface area contributed by atoms with E-state index in [1.807, 2.05) is 6.07 Å². The highest BCUT2D eigenvalue weighted by atomic mass is 19.1. The SMILES string of the molecule is O=c1[nH]cc(Cc2cccc(Oc3cccc(F)c3)c2)c(=O)[nH]1. The van der Waals surface area contributed by atoms with Gasteiger partial charge in [0.1, 0.15) is 17.3 Å². The van der Waals surface area contributed by atoms with Gasteiger partial charge < -0.3 is 9.72 Å². The lowest BCUT2D eigenvalue weighted by atomic mass is 10.1. The third-order valence-electron chi connectivity index (χ3n) is 3.22. The predicted molar refractivity (Wildman–Crippen MR) is 83.4 cm³/mol. The molecule has 3 rings (SSSR count). The molecule has 0 amide bonds. The second-order valence-corrected chi connectivity index (χ2v) is 4.98. The number of H-pyrrole nitrogens is 2. The highest BCUT2D eigenvalue weighted by molar-refractivity contribution is 5.35. The topological polar surface area (TPSA) is 75.0 Å². The van der Waals surface area contributed by atoms with E-state index in [0.29, 0.717) is 23.5 Å². The van der Waals surface area contributed by atoms with E-state index in [4.69, 9.17) is 4.74 Å². The number of hydrogen-bond donors (Lipinski definition) is 2. The molecular weight excluding hydrogens is 299 g/mol. The van der Waals surface area contributed by atoms with Gasteiger partial charge in [0, 0.05) is 24.2 Å². The van der Waals surface area contributed by atoms with Crippen LogP contribution in [0.4, 0.5) is 4.39 Å². The summed E-state index contributed by atoms with van der Waals surface area (Å²) in [6.45, 7) is 0.